The van der Waals surface area contributed by atoms with Crippen LogP contribution in [0.2, 0.25) is 0 Å². The van der Waals surface area contributed by atoms with Gasteiger partial charge in [-0.2, -0.15) is 10.1 Å². The van der Waals surface area contributed by atoms with Crippen LogP contribution in [0.15, 0.2) is 21.7 Å². The largest absolute Gasteiger partial charge is 0.434 e. The topological polar surface area (TPSA) is 98.2 Å². The first-order chi connectivity index (χ1) is 9.10. The average molecular weight is 285 g/mol. The van der Waals surface area contributed by atoms with Gasteiger partial charge in [-0.3, -0.25) is 10.1 Å². The SMILES string of the molecule is CSC1CCN(/N=C/c2ccc([N+](=O)[O-])o2)C(=O)O1. The highest BCUT2D eigenvalue weighted by molar-refractivity contribution is 7.99. The smallest absolute Gasteiger partial charge is 0.433 e. The number of nitro groups is 1. The molecule has 1 saturated heterocycles. The fourth-order valence-electron chi connectivity index (χ4n) is 1.46. The summed E-state index contributed by atoms with van der Waals surface area (Å²) in [4.78, 5) is 21.3. The first kappa shape index (κ1) is 13.4. The van der Waals surface area contributed by atoms with Gasteiger partial charge in [0.2, 0.25) is 0 Å². The number of furan rings is 1. The van der Waals surface area contributed by atoms with Crippen LogP contribution in [0.25, 0.3) is 0 Å². The maximum Gasteiger partial charge on any atom is 0.433 e. The van der Waals surface area contributed by atoms with Gasteiger partial charge in [-0.1, -0.05) is 0 Å². The molecular weight excluding hydrogens is 274 g/mol. The van der Waals surface area contributed by atoms with E-state index in [4.69, 9.17) is 9.15 Å². The molecule has 8 nitrogen and oxygen atoms in total. The molecule has 1 aliphatic heterocycles. The molecule has 1 atom stereocenters. The summed E-state index contributed by atoms with van der Waals surface area (Å²) in [6.45, 7) is 0.434. The molecular formula is C10H11N3O5S. The van der Waals surface area contributed by atoms with Crippen molar-refractivity contribution in [1.29, 1.82) is 0 Å². The molecule has 1 fully saturated rings. The van der Waals surface area contributed by atoms with E-state index < -0.39 is 11.0 Å². The lowest BCUT2D eigenvalue weighted by atomic mass is 10.4. The highest BCUT2D eigenvalue weighted by Gasteiger charge is 2.26. The molecule has 0 bridgehead atoms. The summed E-state index contributed by atoms with van der Waals surface area (Å²) in [5.41, 5.74) is -0.149. The molecule has 1 aromatic rings. The normalized spacial score (nSPS) is 19.7. The molecule has 19 heavy (non-hydrogen) atoms. The van der Waals surface area contributed by atoms with Crippen LogP contribution in [0.1, 0.15) is 12.2 Å². The van der Waals surface area contributed by atoms with E-state index in [1.54, 1.807) is 0 Å². The number of thioether (sulfide) groups is 1. The number of hydrogen-bond donors (Lipinski definition) is 0. The van der Waals surface area contributed by atoms with E-state index in [0.717, 1.165) is 5.01 Å². The molecule has 0 aromatic carbocycles. The molecule has 0 spiro atoms. The molecule has 2 heterocycles. The van der Waals surface area contributed by atoms with Crippen LogP contribution in [0.4, 0.5) is 10.7 Å². The van der Waals surface area contributed by atoms with Crippen LogP contribution in [-0.4, -0.2) is 40.5 Å². The van der Waals surface area contributed by atoms with Crippen LogP contribution in [0.3, 0.4) is 0 Å². The quantitative estimate of drug-likeness (QED) is 0.477. The van der Waals surface area contributed by atoms with Gasteiger partial charge in [0.1, 0.15) is 4.92 Å². The number of ether oxygens (including phenoxy) is 1. The molecule has 1 aliphatic rings. The van der Waals surface area contributed by atoms with Gasteiger partial charge >= 0.3 is 12.0 Å². The third-order valence-electron chi connectivity index (χ3n) is 2.40. The van der Waals surface area contributed by atoms with E-state index in [1.165, 1.54) is 30.1 Å². The maximum absolute atomic E-state index is 11.5. The molecule has 0 saturated carbocycles. The summed E-state index contributed by atoms with van der Waals surface area (Å²) in [6, 6.07) is 2.63. The fourth-order valence-corrected chi connectivity index (χ4v) is 1.98. The van der Waals surface area contributed by atoms with Crippen LogP contribution >= 0.6 is 11.8 Å². The van der Waals surface area contributed by atoms with E-state index in [1.807, 2.05) is 6.26 Å². The minimum Gasteiger partial charge on any atom is -0.434 e. The molecule has 0 aliphatic carbocycles. The van der Waals surface area contributed by atoms with E-state index in [9.17, 15) is 14.9 Å². The molecule has 1 aromatic heterocycles. The van der Waals surface area contributed by atoms with Crippen molar-refractivity contribution >= 4 is 30.0 Å². The predicted octanol–water partition coefficient (Wildman–Crippen LogP) is 2.05. The van der Waals surface area contributed by atoms with Gasteiger partial charge in [-0.15, -0.1) is 11.8 Å². The third kappa shape index (κ3) is 3.25. The number of carbonyl (C=O) groups is 1. The molecule has 0 radical (unpaired) electrons. The van der Waals surface area contributed by atoms with Gasteiger partial charge in [0.15, 0.2) is 11.2 Å². The predicted molar refractivity (Wildman–Crippen MR) is 68.1 cm³/mol. The summed E-state index contributed by atoms with van der Waals surface area (Å²) >= 11 is 1.46. The van der Waals surface area contributed by atoms with Crippen molar-refractivity contribution in [3.63, 3.8) is 0 Å². The highest BCUT2D eigenvalue weighted by Crippen LogP contribution is 2.20. The Morgan fingerprint density at radius 3 is 3.00 bits per heavy atom. The van der Waals surface area contributed by atoms with Crippen LogP contribution in [-0.2, 0) is 4.74 Å². The van der Waals surface area contributed by atoms with Crippen molar-refractivity contribution in [1.82, 2.24) is 5.01 Å². The summed E-state index contributed by atoms with van der Waals surface area (Å²) in [5, 5.41) is 15.5. The Hall–Kier alpha value is -2.03. The first-order valence-corrected chi connectivity index (χ1v) is 6.68. The maximum atomic E-state index is 11.5. The summed E-state index contributed by atoms with van der Waals surface area (Å²) < 4.78 is 9.96. The Labute approximate surface area is 112 Å². The number of cyclic esters (lactones) is 1. The van der Waals surface area contributed by atoms with E-state index in [2.05, 4.69) is 5.10 Å². The lowest BCUT2D eigenvalue weighted by molar-refractivity contribution is -0.402. The first-order valence-electron chi connectivity index (χ1n) is 5.39. The minimum absolute atomic E-state index is 0.149. The Balaban J connectivity index is 1.98. The zero-order valence-electron chi connectivity index (χ0n) is 10.0. The fraction of sp³-hybridized carbons (Fsp3) is 0.400. The standard InChI is InChI=1S/C10H11N3O5S/c1-19-9-4-5-12(10(14)18-9)11-6-7-2-3-8(17-7)13(15)16/h2-3,6,9H,4-5H2,1H3/b11-6+. The number of rotatable bonds is 4. The van der Waals surface area contributed by atoms with E-state index in [0.29, 0.717) is 13.0 Å². The zero-order valence-corrected chi connectivity index (χ0v) is 10.8. The molecule has 102 valence electrons. The van der Waals surface area contributed by atoms with Crippen LogP contribution in [0.5, 0.6) is 0 Å². The second-order valence-corrected chi connectivity index (χ2v) is 4.64. The molecule has 2 rings (SSSR count). The van der Waals surface area contributed by atoms with Gasteiger partial charge in [-0.05, 0) is 12.3 Å². The van der Waals surface area contributed by atoms with Gasteiger partial charge < -0.3 is 9.15 Å². The molecule has 9 heteroatoms. The van der Waals surface area contributed by atoms with Crippen molar-refractivity contribution < 1.29 is 18.9 Å². The molecule has 1 amide bonds. The Morgan fingerprint density at radius 1 is 1.63 bits per heavy atom. The second kappa shape index (κ2) is 5.74. The minimum atomic E-state index is -0.643. The third-order valence-corrected chi connectivity index (χ3v) is 3.26. The molecule has 0 N–H and O–H groups in total. The Morgan fingerprint density at radius 2 is 2.42 bits per heavy atom. The van der Waals surface area contributed by atoms with Crippen molar-refractivity contribution in [3.8, 4) is 0 Å². The van der Waals surface area contributed by atoms with Gasteiger partial charge in [-0.25, -0.2) is 4.79 Å². The lowest BCUT2D eigenvalue weighted by Crippen LogP contribution is -2.37. The number of amides is 1. The Kier molecular flexibility index (Phi) is 4.05. The summed E-state index contributed by atoms with van der Waals surface area (Å²) in [5.74, 6) is -0.170. The van der Waals surface area contributed by atoms with Crippen LogP contribution in [0, 0.1) is 10.1 Å². The lowest BCUT2D eigenvalue weighted by Gasteiger charge is -2.27. The van der Waals surface area contributed by atoms with Crippen molar-refractivity contribution in [3.05, 3.63) is 28.0 Å². The van der Waals surface area contributed by atoms with Crippen molar-refractivity contribution in [2.24, 2.45) is 5.10 Å². The molecule has 1 unspecified atom stereocenters. The monoisotopic (exact) mass is 285 g/mol. The van der Waals surface area contributed by atoms with Crippen molar-refractivity contribution in [2.45, 2.75) is 11.9 Å². The van der Waals surface area contributed by atoms with Gasteiger partial charge in [0.05, 0.1) is 18.8 Å². The number of hydrogen-bond acceptors (Lipinski definition) is 7. The van der Waals surface area contributed by atoms with Gasteiger partial charge in [0, 0.05) is 6.42 Å². The number of nitrogens with zero attached hydrogens (tertiary/aromatic N) is 3. The van der Waals surface area contributed by atoms with E-state index >= 15 is 0 Å². The summed E-state index contributed by atoms with van der Waals surface area (Å²) in [7, 11) is 0. The van der Waals surface area contributed by atoms with Crippen molar-refractivity contribution in [2.75, 3.05) is 12.8 Å². The van der Waals surface area contributed by atoms with E-state index in [-0.39, 0.29) is 17.1 Å². The highest BCUT2D eigenvalue weighted by atomic mass is 32.2. The second-order valence-electron chi connectivity index (χ2n) is 3.64. The average Bonchev–Trinajstić information content (AvgIpc) is 2.86. The Bertz CT molecular complexity index is 515. The summed E-state index contributed by atoms with van der Waals surface area (Å²) in [6.07, 6.45) is 3.23. The zero-order chi connectivity index (χ0) is 13.8. The number of hydrazone groups is 1. The number of carbonyl (C=O) groups excluding carboxylic acids is 1. The van der Waals surface area contributed by atoms with Crippen LogP contribution < -0.4 is 0 Å². The van der Waals surface area contributed by atoms with Gasteiger partial charge in [0.25, 0.3) is 0 Å².